The third-order valence-electron chi connectivity index (χ3n) is 6.56. The largest absolute Gasteiger partial charge is 0.453 e. The first-order valence-electron chi connectivity index (χ1n) is 12.7. The average molecular weight is 583 g/mol. The van der Waals surface area contributed by atoms with E-state index in [-0.39, 0.29) is 22.9 Å². The van der Waals surface area contributed by atoms with E-state index in [2.05, 4.69) is 25.0 Å². The van der Waals surface area contributed by atoms with Gasteiger partial charge in [0.2, 0.25) is 16.0 Å². The van der Waals surface area contributed by atoms with Crippen molar-refractivity contribution in [3.63, 3.8) is 0 Å². The first-order chi connectivity index (χ1) is 19.1. The number of sulfonamides is 1. The lowest BCUT2D eigenvalue weighted by molar-refractivity contribution is 0.410. The van der Waals surface area contributed by atoms with Crippen molar-refractivity contribution >= 4 is 33.3 Å². The molecular formula is C28H28ClFN6O3S. The van der Waals surface area contributed by atoms with Crippen molar-refractivity contribution in [3.8, 4) is 33.9 Å². The maximum absolute atomic E-state index is 15.3. The Morgan fingerprint density at radius 2 is 1.75 bits per heavy atom. The van der Waals surface area contributed by atoms with Crippen molar-refractivity contribution in [1.82, 2.24) is 15.0 Å². The van der Waals surface area contributed by atoms with Crippen LogP contribution in [0.2, 0.25) is 5.02 Å². The van der Waals surface area contributed by atoms with Gasteiger partial charge in [-0.05, 0) is 61.6 Å². The molecule has 4 aromatic rings. The zero-order valence-electron chi connectivity index (χ0n) is 21.6. The van der Waals surface area contributed by atoms with Crippen molar-refractivity contribution in [3.05, 3.63) is 78.0 Å². The number of anilines is 2. The fraction of sp³-hybridized carbons (Fsp3) is 0.250. The molecule has 2 heterocycles. The molecule has 1 saturated carbocycles. The third-order valence-corrected chi connectivity index (χ3v) is 7.48. The Balaban J connectivity index is 1.37. The zero-order valence-corrected chi connectivity index (χ0v) is 23.2. The van der Waals surface area contributed by atoms with Crippen LogP contribution in [-0.2, 0) is 10.0 Å². The van der Waals surface area contributed by atoms with Crippen LogP contribution in [-0.4, -0.2) is 41.7 Å². The Hall–Kier alpha value is -3.80. The van der Waals surface area contributed by atoms with Gasteiger partial charge in [-0.3, -0.25) is 9.71 Å². The zero-order chi connectivity index (χ0) is 28.3. The number of halogens is 2. The van der Waals surface area contributed by atoms with Gasteiger partial charge in [-0.1, -0.05) is 23.7 Å². The van der Waals surface area contributed by atoms with Gasteiger partial charge < -0.3 is 15.8 Å². The molecule has 0 saturated heterocycles. The van der Waals surface area contributed by atoms with E-state index in [1.165, 1.54) is 12.1 Å². The van der Waals surface area contributed by atoms with Crippen LogP contribution in [0.4, 0.5) is 16.0 Å². The molecule has 9 nitrogen and oxygen atoms in total. The molecule has 0 unspecified atom stereocenters. The first-order valence-corrected chi connectivity index (χ1v) is 15.0. The molecule has 208 valence electrons. The molecule has 0 aliphatic heterocycles. The summed E-state index contributed by atoms with van der Waals surface area (Å²) in [5.74, 6) is 0.148. The average Bonchev–Trinajstić information content (AvgIpc) is 2.92. The number of nitrogens with zero attached hydrogens (tertiary/aromatic N) is 3. The first kappa shape index (κ1) is 27.8. The predicted molar refractivity (Wildman–Crippen MR) is 155 cm³/mol. The molecule has 2 aromatic heterocycles. The van der Waals surface area contributed by atoms with Gasteiger partial charge in [0.05, 0.1) is 22.5 Å². The second-order valence-electron chi connectivity index (χ2n) is 9.71. The molecule has 12 heteroatoms. The molecule has 5 rings (SSSR count). The highest BCUT2D eigenvalue weighted by Gasteiger charge is 2.20. The van der Waals surface area contributed by atoms with Crippen LogP contribution in [0.3, 0.4) is 0 Å². The molecule has 40 heavy (non-hydrogen) atoms. The summed E-state index contributed by atoms with van der Waals surface area (Å²) in [5, 5.41) is 3.64. The lowest BCUT2D eigenvalue weighted by Crippen LogP contribution is -2.33. The summed E-state index contributed by atoms with van der Waals surface area (Å²) in [7, 11) is -3.41. The van der Waals surface area contributed by atoms with E-state index in [9.17, 15) is 8.42 Å². The summed E-state index contributed by atoms with van der Waals surface area (Å²) in [6.45, 7) is 0. The Morgan fingerprint density at radius 3 is 2.48 bits per heavy atom. The number of hydrogen-bond acceptors (Lipinski definition) is 8. The van der Waals surface area contributed by atoms with Crippen LogP contribution >= 0.6 is 11.6 Å². The van der Waals surface area contributed by atoms with Crippen LogP contribution in [0.15, 0.2) is 67.1 Å². The maximum Gasteiger partial charge on any atom is 0.229 e. The smallest absolute Gasteiger partial charge is 0.229 e. The lowest BCUT2D eigenvalue weighted by atomic mass is 9.92. The fourth-order valence-corrected chi connectivity index (χ4v) is 5.39. The minimum Gasteiger partial charge on any atom is -0.453 e. The number of pyridine rings is 1. The molecule has 2 aromatic carbocycles. The number of rotatable bonds is 8. The lowest BCUT2D eigenvalue weighted by Gasteiger charge is -2.26. The number of nitrogens with two attached hydrogens (primary N) is 1. The standard InChI is InChI=1S/C28H28ClFN6O3S/c1-40(37,38)36-20-6-2-17(3-7-20)21-14-24(30)27(15-23(21)29)39-26-11-12-32-16-22(26)25-10-13-33-28(35-25)34-19-8-4-18(31)5-9-19/h2-3,6-7,10-16,18-19,36H,4-5,8-9,31H2,1H3,(H,33,34,35). The van der Waals surface area contributed by atoms with Gasteiger partial charge in [-0.2, -0.15) is 0 Å². The van der Waals surface area contributed by atoms with E-state index in [4.69, 9.17) is 22.1 Å². The molecule has 0 atom stereocenters. The molecule has 1 aliphatic rings. The fourth-order valence-electron chi connectivity index (χ4n) is 4.57. The number of nitrogens with one attached hydrogen (secondary N) is 2. The van der Waals surface area contributed by atoms with Gasteiger partial charge in [0.15, 0.2) is 11.6 Å². The van der Waals surface area contributed by atoms with Gasteiger partial charge in [0.25, 0.3) is 0 Å². The van der Waals surface area contributed by atoms with Crippen molar-refractivity contribution in [2.24, 2.45) is 5.73 Å². The molecule has 0 amide bonds. The van der Waals surface area contributed by atoms with Crippen LogP contribution in [0.1, 0.15) is 25.7 Å². The SMILES string of the molecule is CS(=O)(=O)Nc1ccc(-c2cc(F)c(Oc3ccncc3-c3ccnc(NC4CCC(N)CC4)n3)cc2Cl)cc1. The number of benzene rings is 2. The topological polar surface area (TPSA) is 132 Å². The van der Waals surface area contributed by atoms with E-state index in [1.807, 2.05) is 0 Å². The molecule has 0 radical (unpaired) electrons. The molecule has 1 fully saturated rings. The summed E-state index contributed by atoms with van der Waals surface area (Å²) in [6, 6.07) is 13.0. The van der Waals surface area contributed by atoms with Gasteiger partial charge in [-0.25, -0.2) is 22.8 Å². The van der Waals surface area contributed by atoms with Gasteiger partial charge in [0, 0.05) is 48.0 Å². The van der Waals surface area contributed by atoms with Gasteiger partial charge in [-0.15, -0.1) is 0 Å². The van der Waals surface area contributed by atoms with Crippen molar-refractivity contribution in [1.29, 1.82) is 0 Å². The number of aromatic nitrogens is 3. The van der Waals surface area contributed by atoms with Crippen molar-refractivity contribution in [2.75, 3.05) is 16.3 Å². The van der Waals surface area contributed by atoms with Crippen molar-refractivity contribution < 1.29 is 17.5 Å². The third kappa shape index (κ3) is 6.85. The molecule has 1 aliphatic carbocycles. The Bertz CT molecular complexity index is 1610. The maximum atomic E-state index is 15.3. The quantitative estimate of drug-likeness (QED) is 0.236. The Labute approximate surface area is 237 Å². The van der Waals surface area contributed by atoms with E-state index in [0.717, 1.165) is 31.9 Å². The van der Waals surface area contributed by atoms with Gasteiger partial charge in [0.1, 0.15) is 5.75 Å². The molecular weight excluding hydrogens is 555 g/mol. The molecule has 4 N–H and O–H groups in total. The van der Waals surface area contributed by atoms with Crippen LogP contribution < -0.4 is 20.5 Å². The monoisotopic (exact) mass is 582 g/mol. The van der Waals surface area contributed by atoms with Crippen LogP contribution in [0, 0.1) is 5.82 Å². The van der Waals surface area contributed by atoms with Gasteiger partial charge >= 0.3 is 0 Å². The minimum absolute atomic E-state index is 0.0671. The van der Waals surface area contributed by atoms with E-state index >= 15 is 4.39 Å². The molecule has 0 spiro atoms. The predicted octanol–water partition coefficient (Wildman–Crippen LogP) is 5.84. The summed E-state index contributed by atoms with van der Waals surface area (Å²) >= 11 is 6.52. The van der Waals surface area contributed by atoms with Crippen molar-refractivity contribution in [2.45, 2.75) is 37.8 Å². The van der Waals surface area contributed by atoms with E-state index in [1.54, 1.807) is 55.0 Å². The van der Waals surface area contributed by atoms with E-state index in [0.29, 0.717) is 39.8 Å². The summed E-state index contributed by atoms with van der Waals surface area (Å²) in [4.78, 5) is 13.2. The summed E-state index contributed by atoms with van der Waals surface area (Å²) in [6.07, 6.45) is 9.67. The second kappa shape index (κ2) is 11.7. The normalized spacial score (nSPS) is 17.3. The number of ether oxygens (including phenoxy) is 1. The minimum atomic E-state index is -3.41. The molecule has 0 bridgehead atoms. The van der Waals surface area contributed by atoms with Crippen LogP contribution in [0.25, 0.3) is 22.4 Å². The summed E-state index contributed by atoms with van der Waals surface area (Å²) in [5.41, 5.74) is 8.58. The Morgan fingerprint density at radius 1 is 1.00 bits per heavy atom. The number of hydrogen-bond donors (Lipinski definition) is 3. The Kier molecular flexibility index (Phi) is 8.15. The highest BCUT2D eigenvalue weighted by Crippen LogP contribution is 2.38. The highest BCUT2D eigenvalue weighted by atomic mass is 35.5. The highest BCUT2D eigenvalue weighted by molar-refractivity contribution is 7.92. The van der Waals surface area contributed by atoms with E-state index < -0.39 is 15.8 Å². The summed E-state index contributed by atoms with van der Waals surface area (Å²) < 4.78 is 46.5. The second-order valence-corrected chi connectivity index (χ2v) is 11.9. The van der Waals surface area contributed by atoms with Crippen LogP contribution in [0.5, 0.6) is 11.5 Å².